The highest BCUT2D eigenvalue weighted by Crippen LogP contribution is 2.29. The second-order valence-corrected chi connectivity index (χ2v) is 7.88. The first-order chi connectivity index (χ1) is 11.6. The Labute approximate surface area is 151 Å². The fraction of sp³-hybridized carbons (Fsp3) is 0.250. The minimum atomic E-state index is 0.569. The molecule has 8 heteroatoms. The molecular formula is C16H15BrN6S. The van der Waals surface area contributed by atoms with Gasteiger partial charge in [0, 0.05) is 15.7 Å². The number of H-pyrrole nitrogens is 1. The highest BCUT2D eigenvalue weighted by atomic mass is 79.9. The number of aromatic nitrogens is 6. The lowest BCUT2D eigenvalue weighted by Gasteiger charge is -1.98. The number of nitrogens with zero attached hydrogens (tertiary/aromatic N) is 5. The average molecular weight is 403 g/mol. The van der Waals surface area contributed by atoms with E-state index in [0.717, 1.165) is 37.8 Å². The van der Waals surface area contributed by atoms with E-state index in [1.807, 2.05) is 30.3 Å². The lowest BCUT2D eigenvalue weighted by Crippen LogP contribution is -1.93. The Hall–Kier alpha value is -2.06. The monoisotopic (exact) mass is 402 g/mol. The molecule has 122 valence electrons. The molecule has 0 saturated heterocycles. The number of nitrogens with one attached hydrogen (secondary N) is 1. The molecule has 1 N–H and O–H groups in total. The Balaban J connectivity index is 1.73. The molecule has 0 atom stereocenters. The van der Waals surface area contributed by atoms with Crippen LogP contribution in [0.25, 0.3) is 27.1 Å². The van der Waals surface area contributed by atoms with Crippen LogP contribution in [0.3, 0.4) is 0 Å². The fourth-order valence-electron chi connectivity index (χ4n) is 2.54. The largest absolute Gasteiger partial charge is 0.282 e. The summed E-state index contributed by atoms with van der Waals surface area (Å²) in [6.45, 7) is 4.36. The highest BCUT2D eigenvalue weighted by Gasteiger charge is 2.17. The molecular weight excluding hydrogens is 388 g/mol. The van der Waals surface area contributed by atoms with E-state index in [-0.39, 0.29) is 0 Å². The standard InChI is InChI=1S/C16H15BrN6S/c1-9(2)6-12-8-13(19-18-12)14-20-21-16-23(14)22-15(24-16)10-4-3-5-11(17)7-10/h3-5,7-9H,6H2,1-2H3,(H,18,19). The van der Waals surface area contributed by atoms with Gasteiger partial charge in [-0.05, 0) is 30.5 Å². The zero-order chi connectivity index (χ0) is 16.7. The molecule has 1 aromatic carbocycles. The normalized spacial score (nSPS) is 11.7. The van der Waals surface area contributed by atoms with Crippen LogP contribution in [0.5, 0.6) is 0 Å². The van der Waals surface area contributed by atoms with Crippen LogP contribution in [0.15, 0.2) is 34.8 Å². The van der Waals surface area contributed by atoms with Gasteiger partial charge >= 0.3 is 0 Å². The van der Waals surface area contributed by atoms with Gasteiger partial charge in [0.15, 0.2) is 0 Å². The summed E-state index contributed by atoms with van der Waals surface area (Å²) in [7, 11) is 0. The summed E-state index contributed by atoms with van der Waals surface area (Å²) in [4.78, 5) is 0.758. The number of benzene rings is 1. The van der Waals surface area contributed by atoms with E-state index < -0.39 is 0 Å². The molecule has 0 fully saturated rings. The summed E-state index contributed by atoms with van der Waals surface area (Å²) in [6.07, 6.45) is 0.954. The molecule has 0 aliphatic rings. The van der Waals surface area contributed by atoms with Gasteiger partial charge in [0.2, 0.25) is 10.8 Å². The first kappa shape index (κ1) is 15.5. The van der Waals surface area contributed by atoms with E-state index in [2.05, 4.69) is 55.3 Å². The van der Waals surface area contributed by atoms with Crippen LogP contribution in [-0.2, 0) is 6.42 Å². The predicted molar refractivity (Wildman–Crippen MR) is 97.9 cm³/mol. The zero-order valence-electron chi connectivity index (χ0n) is 13.2. The summed E-state index contributed by atoms with van der Waals surface area (Å²) in [5.41, 5.74) is 2.91. The second-order valence-electron chi connectivity index (χ2n) is 6.01. The van der Waals surface area contributed by atoms with Crippen molar-refractivity contribution in [3.8, 4) is 22.1 Å². The smallest absolute Gasteiger partial charge is 0.235 e. The number of hydrogen-bond acceptors (Lipinski definition) is 5. The number of fused-ring (bicyclic) bond motifs is 1. The van der Waals surface area contributed by atoms with Crippen molar-refractivity contribution in [3.05, 3.63) is 40.5 Å². The van der Waals surface area contributed by atoms with Crippen LogP contribution in [0.1, 0.15) is 19.5 Å². The molecule has 24 heavy (non-hydrogen) atoms. The molecule has 3 aromatic heterocycles. The first-order valence-electron chi connectivity index (χ1n) is 7.63. The lowest BCUT2D eigenvalue weighted by atomic mass is 10.1. The van der Waals surface area contributed by atoms with E-state index in [1.165, 1.54) is 11.3 Å². The van der Waals surface area contributed by atoms with Crippen molar-refractivity contribution in [2.75, 3.05) is 0 Å². The summed E-state index contributed by atoms with van der Waals surface area (Å²) in [5, 5.41) is 21.5. The Morgan fingerprint density at radius 1 is 1.25 bits per heavy atom. The first-order valence-corrected chi connectivity index (χ1v) is 9.24. The maximum atomic E-state index is 4.67. The van der Waals surface area contributed by atoms with Gasteiger partial charge in [-0.3, -0.25) is 5.10 Å². The summed E-state index contributed by atoms with van der Waals surface area (Å²) < 4.78 is 2.78. The van der Waals surface area contributed by atoms with Crippen molar-refractivity contribution in [1.29, 1.82) is 0 Å². The van der Waals surface area contributed by atoms with Crippen molar-refractivity contribution in [3.63, 3.8) is 0 Å². The van der Waals surface area contributed by atoms with E-state index in [4.69, 9.17) is 0 Å². The van der Waals surface area contributed by atoms with Crippen molar-refractivity contribution in [2.24, 2.45) is 5.92 Å². The number of rotatable bonds is 4. The Bertz CT molecular complexity index is 999. The van der Waals surface area contributed by atoms with E-state index in [0.29, 0.717) is 11.7 Å². The highest BCUT2D eigenvalue weighted by molar-refractivity contribution is 9.10. The molecule has 0 saturated carbocycles. The lowest BCUT2D eigenvalue weighted by molar-refractivity contribution is 0.633. The van der Waals surface area contributed by atoms with Gasteiger partial charge in [0.25, 0.3) is 0 Å². The van der Waals surface area contributed by atoms with Crippen molar-refractivity contribution < 1.29 is 0 Å². The molecule has 0 radical (unpaired) electrons. The van der Waals surface area contributed by atoms with E-state index in [9.17, 15) is 0 Å². The number of aromatic amines is 1. The van der Waals surface area contributed by atoms with Crippen LogP contribution in [0.4, 0.5) is 0 Å². The van der Waals surface area contributed by atoms with Gasteiger partial charge in [0.1, 0.15) is 10.7 Å². The minimum absolute atomic E-state index is 0.569. The van der Waals surface area contributed by atoms with Crippen LogP contribution < -0.4 is 0 Å². The summed E-state index contributed by atoms with van der Waals surface area (Å²) in [6, 6.07) is 10.1. The molecule has 0 spiro atoms. The Morgan fingerprint density at radius 2 is 2.12 bits per heavy atom. The van der Waals surface area contributed by atoms with Gasteiger partial charge < -0.3 is 0 Å². The number of halogens is 1. The maximum absolute atomic E-state index is 4.67. The predicted octanol–water partition coefficient (Wildman–Crippen LogP) is 4.20. The third-order valence-electron chi connectivity index (χ3n) is 3.55. The van der Waals surface area contributed by atoms with Crippen LogP contribution >= 0.6 is 27.3 Å². The van der Waals surface area contributed by atoms with Crippen molar-refractivity contribution in [1.82, 2.24) is 30.0 Å². The van der Waals surface area contributed by atoms with E-state index >= 15 is 0 Å². The van der Waals surface area contributed by atoms with Gasteiger partial charge in [-0.2, -0.15) is 14.7 Å². The Kier molecular flexibility index (Phi) is 3.93. The average Bonchev–Trinajstić information content (AvgIpc) is 3.21. The van der Waals surface area contributed by atoms with Gasteiger partial charge in [-0.1, -0.05) is 53.2 Å². The molecule has 3 heterocycles. The maximum Gasteiger partial charge on any atom is 0.235 e. The van der Waals surface area contributed by atoms with Gasteiger partial charge in [-0.15, -0.1) is 10.2 Å². The molecule has 0 aliphatic carbocycles. The molecule has 0 amide bonds. The van der Waals surface area contributed by atoms with Gasteiger partial charge in [0.05, 0.1) is 0 Å². The van der Waals surface area contributed by atoms with Crippen molar-refractivity contribution >= 4 is 32.2 Å². The third kappa shape index (κ3) is 2.87. The SMILES string of the molecule is CC(C)Cc1cc(-c2nnc3sc(-c4cccc(Br)c4)nn23)n[nH]1. The fourth-order valence-corrected chi connectivity index (χ4v) is 3.77. The molecule has 0 unspecified atom stereocenters. The van der Waals surface area contributed by atoms with Crippen LogP contribution in [0, 0.1) is 5.92 Å². The van der Waals surface area contributed by atoms with Gasteiger partial charge in [-0.25, -0.2) is 0 Å². The summed E-state index contributed by atoms with van der Waals surface area (Å²) >= 11 is 5.01. The molecule has 6 nitrogen and oxygen atoms in total. The van der Waals surface area contributed by atoms with Crippen LogP contribution in [0.2, 0.25) is 0 Å². The summed E-state index contributed by atoms with van der Waals surface area (Å²) in [5.74, 6) is 1.23. The van der Waals surface area contributed by atoms with Crippen molar-refractivity contribution in [2.45, 2.75) is 20.3 Å². The second kappa shape index (κ2) is 6.10. The zero-order valence-corrected chi connectivity index (χ0v) is 15.6. The topological polar surface area (TPSA) is 71.8 Å². The molecule has 0 bridgehead atoms. The van der Waals surface area contributed by atoms with Crippen LogP contribution in [-0.4, -0.2) is 30.0 Å². The van der Waals surface area contributed by atoms with E-state index in [1.54, 1.807) is 4.52 Å². The molecule has 4 rings (SSSR count). The minimum Gasteiger partial charge on any atom is -0.282 e. The molecule has 0 aliphatic heterocycles. The Morgan fingerprint density at radius 3 is 2.92 bits per heavy atom. The number of hydrogen-bond donors (Lipinski definition) is 1. The quantitative estimate of drug-likeness (QED) is 0.554. The molecule has 4 aromatic rings. The third-order valence-corrected chi connectivity index (χ3v) is 4.99.